The van der Waals surface area contributed by atoms with E-state index in [1.54, 1.807) is 45.0 Å². The molecule has 7 nitrogen and oxygen atoms in total. The van der Waals surface area contributed by atoms with Gasteiger partial charge in [0.2, 0.25) is 10.0 Å². The molecule has 0 saturated carbocycles. The number of esters is 1. The summed E-state index contributed by atoms with van der Waals surface area (Å²) in [5.41, 5.74) is 1.51. The molecule has 174 valence electrons. The van der Waals surface area contributed by atoms with E-state index in [0.29, 0.717) is 25.1 Å². The number of carbonyl (C=O) groups excluding carboxylic acids is 2. The molecule has 0 heterocycles. The molecule has 32 heavy (non-hydrogen) atoms. The summed E-state index contributed by atoms with van der Waals surface area (Å²) in [7, 11) is -3.53. The highest BCUT2D eigenvalue weighted by atomic mass is 32.2. The topological polar surface area (TPSA) is 92.8 Å². The van der Waals surface area contributed by atoms with Crippen LogP contribution in [0.4, 0.5) is 10.1 Å². The number of amides is 1. The second-order valence-corrected chi connectivity index (χ2v) is 9.26. The second kappa shape index (κ2) is 11.2. The fourth-order valence-electron chi connectivity index (χ4n) is 3.01. The molecule has 2 rings (SSSR count). The molecule has 9 heteroatoms. The first-order valence-corrected chi connectivity index (χ1v) is 11.9. The van der Waals surface area contributed by atoms with Gasteiger partial charge in [-0.1, -0.05) is 32.0 Å². The number of rotatable bonds is 10. The molecule has 0 radical (unpaired) electrons. The van der Waals surface area contributed by atoms with Gasteiger partial charge in [-0.05, 0) is 55.7 Å². The summed E-state index contributed by atoms with van der Waals surface area (Å²) in [4.78, 5) is 24.5. The number of aryl methyl sites for hydroxylation is 2. The lowest BCUT2D eigenvalue weighted by molar-refractivity contribution is -0.153. The number of nitrogens with one attached hydrogen (secondary N) is 1. The highest BCUT2D eigenvalue weighted by Crippen LogP contribution is 2.17. The second-order valence-electron chi connectivity index (χ2n) is 7.32. The lowest BCUT2D eigenvalue weighted by Gasteiger charge is -2.18. The molecule has 1 atom stereocenters. The maximum Gasteiger partial charge on any atom is 0.306 e. The van der Waals surface area contributed by atoms with Gasteiger partial charge in [-0.2, -0.15) is 4.31 Å². The Morgan fingerprint density at radius 3 is 2.28 bits per heavy atom. The number of ether oxygens (including phenoxy) is 1. The zero-order valence-electron chi connectivity index (χ0n) is 18.7. The normalized spacial score (nSPS) is 12.4. The Morgan fingerprint density at radius 1 is 1.09 bits per heavy atom. The van der Waals surface area contributed by atoms with Crippen LogP contribution >= 0.6 is 0 Å². The minimum absolute atomic E-state index is 0.0267. The van der Waals surface area contributed by atoms with Crippen LogP contribution in [0.1, 0.15) is 38.3 Å². The third-order valence-corrected chi connectivity index (χ3v) is 7.07. The van der Waals surface area contributed by atoms with E-state index in [1.807, 2.05) is 0 Å². The number of hydrogen-bond acceptors (Lipinski definition) is 5. The summed E-state index contributed by atoms with van der Waals surface area (Å²) in [5, 5.41) is 2.51. The van der Waals surface area contributed by atoms with Crippen LogP contribution in [-0.2, 0) is 30.8 Å². The zero-order valence-corrected chi connectivity index (χ0v) is 19.5. The van der Waals surface area contributed by atoms with Crippen LogP contribution in [0, 0.1) is 12.7 Å². The maximum atomic E-state index is 13.6. The molecule has 0 aliphatic heterocycles. The summed E-state index contributed by atoms with van der Waals surface area (Å²) < 4.78 is 45.2. The Balaban J connectivity index is 1.88. The summed E-state index contributed by atoms with van der Waals surface area (Å²) >= 11 is 0. The Labute approximate surface area is 188 Å². The zero-order chi connectivity index (χ0) is 23.9. The lowest BCUT2D eigenvalue weighted by Crippen LogP contribution is -2.30. The average molecular weight is 465 g/mol. The fraction of sp³-hybridized carbons (Fsp3) is 0.391. The van der Waals surface area contributed by atoms with Crippen LogP contribution in [0.3, 0.4) is 0 Å². The molecule has 0 fully saturated rings. The number of nitrogens with zero attached hydrogens (tertiary/aromatic N) is 1. The van der Waals surface area contributed by atoms with Gasteiger partial charge in [0.1, 0.15) is 5.82 Å². The largest absolute Gasteiger partial charge is 0.453 e. The van der Waals surface area contributed by atoms with Crippen LogP contribution in [0.25, 0.3) is 0 Å². The van der Waals surface area contributed by atoms with Gasteiger partial charge in [0.05, 0.1) is 4.90 Å². The summed E-state index contributed by atoms with van der Waals surface area (Å²) in [6.07, 6.45) is -0.686. The van der Waals surface area contributed by atoms with E-state index in [1.165, 1.54) is 29.4 Å². The monoisotopic (exact) mass is 464 g/mol. The third-order valence-electron chi connectivity index (χ3n) is 5.00. The highest BCUT2D eigenvalue weighted by Gasteiger charge is 2.21. The van der Waals surface area contributed by atoms with Crippen molar-refractivity contribution < 1.29 is 27.1 Å². The molecule has 2 aromatic rings. The summed E-state index contributed by atoms with van der Waals surface area (Å²) in [6.45, 7) is 7.38. The third kappa shape index (κ3) is 6.61. The molecule has 0 spiro atoms. The van der Waals surface area contributed by atoms with Gasteiger partial charge in [-0.3, -0.25) is 9.59 Å². The van der Waals surface area contributed by atoms with Crippen molar-refractivity contribution in [1.82, 2.24) is 4.31 Å². The standard InChI is InChI=1S/C23H29FN2O5S/c1-5-26(6-2)32(29,30)20-12-8-18(9-13-20)10-14-22(27)31-17(4)23(28)25-19-11-7-16(3)21(24)15-19/h7-9,11-13,15,17H,5-6,10,14H2,1-4H3,(H,25,28). The molecular formula is C23H29FN2O5S. The van der Waals surface area contributed by atoms with Gasteiger partial charge in [-0.25, -0.2) is 12.8 Å². The van der Waals surface area contributed by atoms with Crippen molar-refractivity contribution in [3.05, 3.63) is 59.4 Å². The number of benzene rings is 2. The smallest absolute Gasteiger partial charge is 0.306 e. The van der Waals surface area contributed by atoms with E-state index in [9.17, 15) is 22.4 Å². The van der Waals surface area contributed by atoms with Crippen molar-refractivity contribution in [2.75, 3.05) is 18.4 Å². The predicted molar refractivity (Wildman–Crippen MR) is 120 cm³/mol. The molecule has 1 N–H and O–H groups in total. The minimum atomic E-state index is -3.53. The summed E-state index contributed by atoms with van der Waals surface area (Å²) in [6, 6.07) is 10.7. The van der Waals surface area contributed by atoms with Crippen LogP contribution in [-0.4, -0.2) is 43.8 Å². The maximum absolute atomic E-state index is 13.6. The number of carbonyl (C=O) groups is 2. The number of hydrogen-bond donors (Lipinski definition) is 1. The SMILES string of the molecule is CCN(CC)S(=O)(=O)c1ccc(CCC(=O)OC(C)C(=O)Nc2ccc(C)c(F)c2)cc1. The van der Waals surface area contributed by atoms with Crippen LogP contribution in [0.5, 0.6) is 0 Å². The molecule has 2 aromatic carbocycles. The Bertz CT molecular complexity index is 1050. The Morgan fingerprint density at radius 2 is 1.72 bits per heavy atom. The van der Waals surface area contributed by atoms with Gasteiger partial charge >= 0.3 is 5.97 Å². The number of sulfonamides is 1. The average Bonchev–Trinajstić information content (AvgIpc) is 2.75. The molecule has 1 amide bonds. The van der Waals surface area contributed by atoms with Gasteiger partial charge in [0.15, 0.2) is 6.10 Å². The van der Waals surface area contributed by atoms with E-state index >= 15 is 0 Å². The van der Waals surface area contributed by atoms with Crippen molar-refractivity contribution >= 4 is 27.6 Å². The molecule has 1 unspecified atom stereocenters. The fourth-order valence-corrected chi connectivity index (χ4v) is 4.47. The van der Waals surface area contributed by atoms with Crippen LogP contribution < -0.4 is 5.32 Å². The Kier molecular flexibility index (Phi) is 8.91. The first kappa shape index (κ1) is 25.5. The van der Waals surface area contributed by atoms with Gasteiger partial charge in [-0.15, -0.1) is 0 Å². The van der Waals surface area contributed by atoms with Crippen molar-refractivity contribution in [1.29, 1.82) is 0 Å². The van der Waals surface area contributed by atoms with E-state index in [0.717, 1.165) is 5.56 Å². The molecule has 0 aliphatic rings. The van der Waals surface area contributed by atoms with E-state index in [-0.39, 0.29) is 17.0 Å². The molecule has 0 saturated heterocycles. The molecule has 0 bridgehead atoms. The first-order valence-electron chi connectivity index (χ1n) is 10.4. The van der Waals surface area contributed by atoms with Crippen molar-refractivity contribution in [3.63, 3.8) is 0 Å². The number of halogens is 1. The molecule has 0 aliphatic carbocycles. The van der Waals surface area contributed by atoms with E-state index < -0.39 is 33.8 Å². The predicted octanol–water partition coefficient (Wildman–Crippen LogP) is 3.67. The number of anilines is 1. The van der Waals surface area contributed by atoms with E-state index in [2.05, 4.69) is 5.32 Å². The van der Waals surface area contributed by atoms with Gasteiger partial charge in [0, 0.05) is 25.2 Å². The van der Waals surface area contributed by atoms with Crippen LogP contribution in [0.15, 0.2) is 47.4 Å². The molecule has 0 aromatic heterocycles. The quantitative estimate of drug-likeness (QED) is 0.542. The van der Waals surface area contributed by atoms with E-state index in [4.69, 9.17) is 4.74 Å². The highest BCUT2D eigenvalue weighted by molar-refractivity contribution is 7.89. The van der Waals surface area contributed by atoms with Crippen molar-refractivity contribution in [3.8, 4) is 0 Å². The van der Waals surface area contributed by atoms with Crippen LogP contribution in [0.2, 0.25) is 0 Å². The Hall–Kier alpha value is -2.78. The first-order chi connectivity index (χ1) is 15.1. The lowest BCUT2D eigenvalue weighted by atomic mass is 10.1. The molecular weight excluding hydrogens is 435 g/mol. The summed E-state index contributed by atoms with van der Waals surface area (Å²) in [5.74, 6) is -1.57. The van der Waals surface area contributed by atoms with Gasteiger partial charge in [0.25, 0.3) is 5.91 Å². The van der Waals surface area contributed by atoms with Crippen molar-refractivity contribution in [2.45, 2.75) is 51.5 Å². The van der Waals surface area contributed by atoms with Crippen molar-refractivity contribution in [2.24, 2.45) is 0 Å². The minimum Gasteiger partial charge on any atom is -0.453 e. The van der Waals surface area contributed by atoms with Gasteiger partial charge < -0.3 is 10.1 Å².